The number of halogens is 1. The number of anilines is 2. The Bertz CT molecular complexity index is 1180. The summed E-state index contributed by atoms with van der Waals surface area (Å²) in [6.07, 6.45) is 0. The van der Waals surface area contributed by atoms with E-state index < -0.39 is 11.8 Å². The lowest BCUT2D eigenvalue weighted by molar-refractivity contribution is -0.120. The summed E-state index contributed by atoms with van der Waals surface area (Å²) in [4.78, 5) is 28.0. The van der Waals surface area contributed by atoms with Crippen LogP contribution in [0.5, 0.6) is 5.75 Å². The van der Waals surface area contributed by atoms with E-state index in [1.165, 1.54) is 24.3 Å². The van der Waals surface area contributed by atoms with E-state index in [0.717, 1.165) is 10.5 Å². The van der Waals surface area contributed by atoms with Gasteiger partial charge in [-0.3, -0.25) is 9.59 Å². The lowest BCUT2D eigenvalue weighted by Gasteiger charge is -2.16. The summed E-state index contributed by atoms with van der Waals surface area (Å²) in [7, 11) is 1.56. The third-order valence-corrected chi connectivity index (χ3v) is 5.39. The van der Waals surface area contributed by atoms with Gasteiger partial charge in [-0.1, -0.05) is 38.1 Å². The van der Waals surface area contributed by atoms with Crippen LogP contribution in [-0.2, 0) is 9.59 Å². The van der Waals surface area contributed by atoms with Crippen molar-refractivity contribution >= 4 is 28.8 Å². The molecule has 0 saturated heterocycles. The fourth-order valence-electron chi connectivity index (χ4n) is 3.59. The Labute approximate surface area is 186 Å². The highest BCUT2D eigenvalue weighted by molar-refractivity contribution is 6.46. The van der Waals surface area contributed by atoms with Gasteiger partial charge in [0.15, 0.2) is 0 Å². The first-order chi connectivity index (χ1) is 15.4. The Hall–Kier alpha value is -3.93. The minimum Gasteiger partial charge on any atom is -0.497 e. The summed E-state index contributed by atoms with van der Waals surface area (Å²) in [5.74, 6) is -0.317. The number of carbonyl (C=O) groups excluding carboxylic acids is 2. The third-order valence-electron chi connectivity index (χ3n) is 5.39. The van der Waals surface area contributed by atoms with Gasteiger partial charge in [0, 0.05) is 5.69 Å². The number of benzene rings is 3. The first-order valence-corrected chi connectivity index (χ1v) is 10.3. The summed E-state index contributed by atoms with van der Waals surface area (Å²) >= 11 is 0. The molecule has 0 aliphatic carbocycles. The molecule has 0 unspecified atom stereocenters. The SMILES string of the molecule is COc1ccc(C2=C(Nc3ccc(F)cc3)C(=O)N(c3ccc(C(C)C)cc3)C2=O)cc1. The highest BCUT2D eigenvalue weighted by Gasteiger charge is 2.40. The first kappa shape index (κ1) is 21.3. The Morgan fingerprint density at radius 2 is 1.47 bits per heavy atom. The predicted octanol–water partition coefficient (Wildman–Crippen LogP) is 5.35. The maximum Gasteiger partial charge on any atom is 0.282 e. The largest absolute Gasteiger partial charge is 0.497 e. The number of nitrogens with one attached hydrogen (secondary N) is 1. The first-order valence-electron chi connectivity index (χ1n) is 10.3. The Balaban J connectivity index is 1.77. The molecule has 1 N–H and O–H groups in total. The van der Waals surface area contributed by atoms with Gasteiger partial charge in [-0.05, 0) is 65.6 Å². The number of methoxy groups -OCH3 is 1. The highest BCUT2D eigenvalue weighted by Crippen LogP contribution is 2.34. The van der Waals surface area contributed by atoms with E-state index in [2.05, 4.69) is 19.2 Å². The molecule has 162 valence electrons. The molecule has 0 aromatic heterocycles. The van der Waals surface area contributed by atoms with Crippen molar-refractivity contribution in [3.8, 4) is 5.75 Å². The molecule has 2 amide bonds. The van der Waals surface area contributed by atoms with Gasteiger partial charge in [0.05, 0.1) is 18.4 Å². The molecule has 0 atom stereocenters. The Morgan fingerprint density at radius 1 is 0.844 bits per heavy atom. The van der Waals surface area contributed by atoms with Crippen LogP contribution < -0.4 is 15.0 Å². The second-order valence-corrected chi connectivity index (χ2v) is 7.80. The predicted molar refractivity (Wildman–Crippen MR) is 123 cm³/mol. The molecular weight excluding hydrogens is 407 g/mol. The minimum atomic E-state index is -0.470. The van der Waals surface area contributed by atoms with Crippen LogP contribution in [0.3, 0.4) is 0 Å². The van der Waals surface area contributed by atoms with E-state index in [1.807, 2.05) is 12.1 Å². The molecule has 1 aliphatic heterocycles. The molecule has 4 rings (SSSR count). The van der Waals surface area contributed by atoms with Gasteiger partial charge >= 0.3 is 0 Å². The summed E-state index contributed by atoms with van der Waals surface area (Å²) in [6, 6.07) is 19.9. The normalized spacial score (nSPS) is 13.8. The quantitative estimate of drug-likeness (QED) is 0.536. The molecule has 0 bridgehead atoms. The number of nitrogens with zero attached hydrogens (tertiary/aromatic N) is 1. The molecular formula is C26H23FN2O3. The second-order valence-electron chi connectivity index (χ2n) is 7.80. The minimum absolute atomic E-state index is 0.139. The fraction of sp³-hybridized carbons (Fsp3) is 0.154. The zero-order chi connectivity index (χ0) is 22.8. The van der Waals surface area contributed by atoms with Crippen molar-refractivity contribution in [2.24, 2.45) is 0 Å². The van der Waals surface area contributed by atoms with Crippen molar-refractivity contribution in [3.63, 3.8) is 0 Å². The summed E-state index contributed by atoms with van der Waals surface area (Å²) in [6.45, 7) is 4.16. The van der Waals surface area contributed by atoms with Gasteiger partial charge in [0.25, 0.3) is 11.8 Å². The number of hydrogen-bond donors (Lipinski definition) is 1. The zero-order valence-corrected chi connectivity index (χ0v) is 18.1. The van der Waals surface area contributed by atoms with Gasteiger partial charge in [-0.2, -0.15) is 0 Å². The van der Waals surface area contributed by atoms with Crippen molar-refractivity contribution in [2.45, 2.75) is 19.8 Å². The lowest BCUT2D eigenvalue weighted by Crippen LogP contribution is -2.32. The number of amides is 2. The Morgan fingerprint density at radius 3 is 2.03 bits per heavy atom. The van der Waals surface area contributed by atoms with Crippen LogP contribution in [0.25, 0.3) is 5.57 Å². The second kappa shape index (κ2) is 8.67. The van der Waals surface area contributed by atoms with E-state index in [-0.39, 0.29) is 17.1 Å². The molecule has 6 heteroatoms. The number of ether oxygens (including phenoxy) is 1. The van der Waals surface area contributed by atoms with Crippen molar-refractivity contribution in [2.75, 3.05) is 17.3 Å². The number of imide groups is 1. The monoisotopic (exact) mass is 430 g/mol. The fourth-order valence-corrected chi connectivity index (χ4v) is 3.59. The molecule has 1 aliphatic rings. The van der Waals surface area contributed by atoms with Crippen molar-refractivity contribution in [1.29, 1.82) is 0 Å². The van der Waals surface area contributed by atoms with Gasteiger partial charge in [0.1, 0.15) is 17.3 Å². The smallest absolute Gasteiger partial charge is 0.282 e. The molecule has 0 saturated carbocycles. The summed E-state index contributed by atoms with van der Waals surface area (Å²) in [5.41, 5.74) is 3.07. The van der Waals surface area contributed by atoms with Crippen LogP contribution >= 0.6 is 0 Å². The molecule has 1 heterocycles. The van der Waals surface area contributed by atoms with Crippen molar-refractivity contribution < 1.29 is 18.7 Å². The van der Waals surface area contributed by atoms with E-state index in [9.17, 15) is 14.0 Å². The lowest BCUT2D eigenvalue weighted by atomic mass is 10.0. The molecule has 0 fully saturated rings. The van der Waals surface area contributed by atoms with Crippen LogP contribution in [0.2, 0.25) is 0 Å². The summed E-state index contributed by atoms with van der Waals surface area (Å²) < 4.78 is 18.5. The highest BCUT2D eigenvalue weighted by atomic mass is 19.1. The topological polar surface area (TPSA) is 58.6 Å². The molecule has 3 aromatic rings. The maximum absolute atomic E-state index is 13.5. The zero-order valence-electron chi connectivity index (χ0n) is 18.1. The number of hydrogen-bond acceptors (Lipinski definition) is 4. The molecule has 0 spiro atoms. The van der Waals surface area contributed by atoms with Crippen molar-refractivity contribution in [1.82, 2.24) is 0 Å². The molecule has 3 aromatic carbocycles. The van der Waals surface area contributed by atoms with Gasteiger partial charge < -0.3 is 10.1 Å². The van der Waals surface area contributed by atoms with Crippen LogP contribution in [0.15, 0.2) is 78.5 Å². The summed E-state index contributed by atoms with van der Waals surface area (Å²) in [5, 5.41) is 3.02. The maximum atomic E-state index is 13.5. The van der Waals surface area contributed by atoms with Crippen LogP contribution in [0, 0.1) is 5.82 Å². The van der Waals surface area contributed by atoms with Gasteiger partial charge in [-0.15, -0.1) is 0 Å². The van der Waals surface area contributed by atoms with E-state index in [1.54, 1.807) is 43.5 Å². The number of carbonyl (C=O) groups is 2. The van der Waals surface area contributed by atoms with E-state index >= 15 is 0 Å². The van der Waals surface area contributed by atoms with Gasteiger partial charge in [0.2, 0.25) is 0 Å². The number of rotatable bonds is 6. The standard InChI is InChI=1S/C26H23FN2O3/c1-16(2)17-4-12-21(13-5-17)29-25(30)23(18-6-14-22(32-3)15-7-18)24(26(29)31)28-20-10-8-19(27)9-11-20/h4-16,28H,1-3H3. The average Bonchev–Trinajstić information content (AvgIpc) is 3.04. The third kappa shape index (κ3) is 3.99. The molecule has 5 nitrogen and oxygen atoms in total. The Kier molecular flexibility index (Phi) is 5.77. The van der Waals surface area contributed by atoms with E-state index in [4.69, 9.17) is 4.74 Å². The van der Waals surface area contributed by atoms with Crippen LogP contribution in [-0.4, -0.2) is 18.9 Å². The van der Waals surface area contributed by atoms with Crippen LogP contribution in [0.4, 0.5) is 15.8 Å². The van der Waals surface area contributed by atoms with Gasteiger partial charge in [-0.25, -0.2) is 9.29 Å². The van der Waals surface area contributed by atoms with E-state index in [0.29, 0.717) is 28.6 Å². The molecule has 0 radical (unpaired) electrons. The van der Waals surface area contributed by atoms with Crippen LogP contribution in [0.1, 0.15) is 30.9 Å². The molecule has 32 heavy (non-hydrogen) atoms. The average molecular weight is 430 g/mol. The van der Waals surface area contributed by atoms with Crippen molar-refractivity contribution in [3.05, 3.63) is 95.4 Å².